The van der Waals surface area contributed by atoms with Gasteiger partial charge in [-0.2, -0.15) is 5.10 Å². The number of thioether (sulfide) groups is 1. The van der Waals surface area contributed by atoms with E-state index in [9.17, 15) is 4.39 Å². The van der Waals surface area contributed by atoms with Crippen LogP contribution < -0.4 is 0 Å². The zero-order valence-corrected chi connectivity index (χ0v) is 12.3. The number of aromatic nitrogens is 5. The van der Waals surface area contributed by atoms with Crippen LogP contribution in [-0.4, -0.2) is 25.0 Å². The van der Waals surface area contributed by atoms with Gasteiger partial charge in [0.1, 0.15) is 11.6 Å². The van der Waals surface area contributed by atoms with Gasteiger partial charge < -0.3 is 0 Å². The van der Waals surface area contributed by atoms with Gasteiger partial charge >= 0.3 is 0 Å². The lowest BCUT2D eigenvalue weighted by atomic mass is 10.3. The topological polar surface area (TPSA) is 59.4 Å². The molecule has 108 valence electrons. The molecule has 0 saturated heterocycles. The Balaban J connectivity index is 1.67. The minimum absolute atomic E-state index is 0.272. The number of benzene rings is 1. The number of aromatic amines is 1. The molecular formula is C14H14FN5S. The van der Waals surface area contributed by atoms with Gasteiger partial charge in [0, 0.05) is 18.4 Å². The predicted octanol–water partition coefficient (Wildman–Crippen LogP) is 2.98. The maximum absolute atomic E-state index is 13.2. The standard InChI is InChI=1S/C14H14FN5S/c1-2-13-16-14(18-17-13)21-9-11-6-7-20(19-11)12-5-3-4-10(15)8-12/h3-8H,2,9H2,1H3,(H,16,17,18). The van der Waals surface area contributed by atoms with Crippen LogP contribution in [0.3, 0.4) is 0 Å². The summed E-state index contributed by atoms with van der Waals surface area (Å²) in [7, 11) is 0. The molecule has 0 fully saturated rings. The first-order valence-corrected chi connectivity index (χ1v) is 7.57. The zero-order valence-electron chi connectivity index (χ0n) is 11.5. The molecule has 0 aliphatic carbocycles. The second-order valence-electron chi connectivity index (χ2n) is 4.44. The second kappa shape index (κ2) is 6.09. The van der Waals surface area contributed by atoms with Crippen molar-refractivity contribution in [1.82, 2.24) is 25.0 Å². The van der Waals surface area contributed by atoms with Gasteiger partial charge in [-0.1, -0.05) is 24.8 Å². The number of H-pyrrole nitrogens is 1. The molecule has 0 aliphatic rings. The maximum atomic E-state index is 13.2. The summed E-state index contributed by atoms with van der Waals surface area (Å²) >= 11 is 1.52. The van der Waals surface area contributed by atoms with Crippen LogP contribution in [0.15, 0.2) is 41.7 Å². The number of rotatable bonds is 5. The number of aryl methyl sites for hydroxylation is 1. The van der Waals surface area contributed by atoms with E-state index in [-0.39, 0.29) is 5.82 Å². The zero-order chi connectivity index (χ0) is 14.7. The Morgan fingerprint density at radius 2 is 2.24 bits per heavy atom. The molecule has 0 bridgehead atoms. The number of nitrogens with one attached hydrogen (secondary N) is 1. The summed E-state index contributed by atoms with van der Waals surface area (Å²) in [5.74, 6) is 1.28. The summed E-state index contributed by atoms with van der Waals surface area (Å²) in [6.45, 7) is 2.02. The molecule has 0 aliphatic heterocycles. The van der Waals surface area contributed by atoms with Crippen molar-refractivity contribution >= 4 is 11.8 Å². The van der Waals surface area contributed by atoms with Gasteiger partial charge in [0.05, 0.1) is 11.4 Å². The van der Waals surface area contributed by atoms with Crippen LogP contribution in [0.4, 0.5) is 4.39 Å². The minimum atomic E-state index is -0.272. The van der Waals surface area contributed by atoms with Crippen LogP contribution >= 0.6 is 11.8 Å². The quantitative estimate of drug-likeness (QED) is 0.736. The lowest BCUT2D eigenvalue weighted by Gasteiger charge is -2.00. The SMILES string of the molecule is CCc1nc(SCc2ccn(-c3cccc(F)c3)n2)n[nH]1. The van der Waals surface area contributed by atoms with Gasteiger partial charge in [0.25, 0.3) is 0 Å². The van der Waals surface area contributed by atoms with Crippen LogP contribution in [0.5, 0.6) is 0 Å². The van der Waals surface area contributed by atoms with Gasteiger partial charge in [-0.15, -0.1) is 5.10 Å². The van der Waals surface area contributed by atoms with Gasteiger partial charge in [0.15, 0.2) is 0 Å². The largest absolute Gasteiger partial charge is 0.262 e. The smallest absolute Gasteiger partial charge is 0.208 e. The van der Waals surface area contributed by atoms with E-state index in [2.05, 4.69) is 20.3 Å². The van der Waals surface area contributed by atoms with Gasteiger partial charge in [-0.25, -0.2) is 14.1 Å². The van der Waals surface area contributed by atoms with Crippen molar-refractivity contribution in [3.63, 3.8) is 0 Å². The van der Waals surface area contributed by atoms with Crippen LogP contribution in [0.25, 0.3) is 5.69 Å². The third-order valence-electron chi connectivity index (χ3n) is 2.91. The summed E-state index contributed by atoms with van der Waals surface area (Å²) in [5, 5.41) is 12.1. The summed E-state index contributed by atoms with van der Waals surface area (Å²) < 4.78 is 14.9. The van der Waals surface area contributed by atoms with E-state index in [4.69, 9.17) is 0 Å². The minimum Gasteiger partial charge on any atom is -0.262 e. The Labute approximate surface area is 125 Å². The van der Waals surface area contributed by atoms with Crippen molar-refractivity contribution < 1.29 is 4.39 Å². The van der Waals surface area contributed by atoms with E-state index in [1.165, 1.54) is 23.9 Å². The predicted molar refractivity (Wildman–Crippen MR) is 78.8 cm³/mol. The highest BCUT2D eigenvalue weighted by Gasteiger charge is 2.06. The molecule has 0 saturated carbocycles. The first kappa shape index (κ1) is 13.8. The fourth-order valence-electron chi connectivity index (χ4n) is 1.84. The molecule has 0 spiro atoms. The van der Waals surface area contributed by atoms with Crippen LogP contribution in [-0.2, 0) is 12.2 Å². The van der Waals surface area contributed by atoms with Crippen LogP contribution in [0.2, 0.25) is 0 Å². The number of halogens is 1. The number of hydrogen-bond donors (Lipinski definition) is 1. The molecule has 21 heavy (non-hydrogen) atoms. The fraction of sp³-hybridized carbons (Fsp3) is 0.214. The first-order chi connectivity index (χ1) is 10.2. The van der Waals surface area contributed by atoms with E-state index in [0.29, 0.717) is 16.6 Å². The molecule has 0 atom stereocenters. The molecule has 1 N–H and O–H groups in total. The Morgan fingerprint density at radius 1 is 1.33 bits per heavy atom. The second-order valence-corrected chi connectivity index (χ2v) is 5.38. The third-order valence-corrected chi connectivity index (χ3v) is 3.79. The fourth-order valence-corrected chi connectivity index (χ4v) is 2.56. The lowest BCUT2D eigenvalue weighted by Crippen LogP contribution is -1.96. The van der Waals surface area contributed by atoms with E-state index in [1.807, 2.05) is 25.3 Å². The van der Waals surface area contributed by atoms with Gasteiger partial charge in [-0.3, -0.25) is 5.10 Å². The van der Waals surface area contributed by atoms with Crippen molar-refractivity contribution in [2.45, 2.75) is 24.3 Å². The van der Waals surface area contributed by atoms with E-state index in [1.54, 1.807) is 10.7 Å². The number of hydrogen-bond acceptors (Lipinski definition) is 4. The molecular weight excluding hydrogens is 289 g/mol. The molecule has 3 aromatic rings. The van der Waals surface area contributed by atoms with Crippen molar-refractivity contribution in [3.8, 4) is 5.69 Å². The average Bonchev–Trinajstić information content (AvgIpc) is 3.14. The van der Waals surface area contributed by atoms with E-state index >= 15 is 0 Å². The molecule has 3 rings (SSSR count). The van der Waals surface area contributed by atoms with E-state index < -0.39 is 0 Å². The van der Waals surface area contributed by atoms with Gasteiger partial charge in [0.2, 0.25) is 5.16 Å². The molecule has 0 amide bonds. The van der Waals surface area contributed by atoms with Gasteiger partial charge in [-0.05, 0) is 24.3 Å². The van der Waals surface area contributed by atoms with Crippen LogP contribution in [0, 0.1) is 5.82 Å². The molecule has 1 aromatic carbocycles. The lowest BCUT2D eigenvalue weighted by molar-refractivity contribution is 0.625. The Kier molecular flexibility index (Phi) is 4.01. The average molecular weight is 303 g/mol. The molecule has 0 unspecified atom stereocenters. The third kappa shape index (κ3) is 3.30. The highest BCUT2D eigenvalue weighted by molar-refractivity contribution is 7.98. The summed E-state index contributed by atoms with van der Waals surface area (Å²) in [4.78, 5) is 4.33. The maximum Gasteiger partial charge on any atom is 0.208 e. The molecule has 2 aromatic heterocycles. The normalized spacial score (nSPS) is 11.0. The summed E-state index contributed by atoms with van der Waals surface area (Å²) in [6.07, 6.45) is 2.65. The first-order valence-electron chi connectivity index (χ1n) is 6.59. The van der Waals surface area contributed by atoms with Crippen molar-refractivity contribution in [3.05, 3.63) is 53.9 Å². The number of nitrogens with zero attached hydrogens (tertiary/aromatic N) is 4. The van der Waals surface area contributed by atoms with Crippen LogP contribution in [0.1, 0.15) is 18.4 Å². The Hall–Kier alpha value is -2.15. The highest BCUT2D eigenvalue weighted by Crippen LogP contribution is 2.19. The molecule has 5 nitrogen and oxygen atoms in total. The molecule has 0 radical (unpaired) electrons. The Morgan fingerprint density at radius 3 is 3.00 bits per heavy atom. The van der Waals surface area contributed by atoms with Crippen molar-refractivity contribution in [1.29, 1.82) is 0 Å². The molecule has 2 heterocycles. The van der Waals surface area contributed by atoms with Crippen molar-refractivity contribution in [2.24, 2.45) is 0 Å². The monoisotopic (exact) mass is 303 g/mol. The van der Waals surface area contributed by atoms with E-state index in [0.717, 1.165) is 17.9 Å². The van der Waals surface area contributed by atoms with Crippen molar-refractivity contribution in [2.75, 3.05) is 0 Å². The highest BCUT2D eigenvalue weighted by atomic mass is 32.2. The summed E-state index contributed by atoms with van der Waals surface area (Å²) in [5.41, 5.74) is 1.60. The molecule has 7 heteroatoms. The Bertz CT molecular complexity index is 736. The summed E-state index contributed by atoms with van der Waals surface area (Å²) in [6, 6.07) is 8.26.